The smallest absolute Gasteiger partial charge is 0.266 e. The molecule has 1 fully saturated rings. The number of carbonyl (C=O) groups excluding carboxylic acids is 2. The van der Waals surface area contributed by atoms with Crippen LogP contribution in [-0.2, 0) is 22.4 Å². The molecule has 0 spiro atoms. The van der Waals surface area contributed by atoms with Crippen LogP contribution in [0.5, 0.6) is 0 Å². The maximum atomic E-state index is 13.4. The zero-order valence-corrected chi connectivity index (χ0v) is 19.7. The van der Waals surface area contributed by atoms with Crippen LogP contribution in [-0.4, -0.2) is 48.0 Å². The van der Waals surface area contributed by atoms with E-state index in [1.54, 1.807) is 11.3 Å². The van der Waals surface area contributed by atoms with Gasteiger partial charge in [-0.1, -0.05) is 37.6 Å². The first-order valence-electron chi connectivity index (χ1n) is 11.7. The van der Waals surface area contributed by atoms with Crippen molar-refractivity contribution < 1.29 is 18.7 Å². The monoisotopic (exact) mass is 469 g/mol. The second kappa shape index (κ2) is 11.5. The summed E-state index contributed by atoms with van der Waals surface area (Å²) in [5.74, 6) is 0.279. The van der Waals surface area contributed by atoms with Gasteiger partial charge in [-0.25, -0.2) is 4.98 Å². The zero-order chi connectivity index (χ0) is 23.0. The minimum atomic E-state index is -0.674. The number of aromatic nitrogens is 1. The van der Waals surface area contributed by atoms with E-state index < -0.39 is 12.1 Å². The second-order valence-electron chi connectivity index (χ2n) is 8.42. The summed E-state index contributed by atoms with van der Waals surface area (Å²) in [4.78, 5) is 32.2. The van der Waals surface area contributed by atoms with Crippen LogP contribution < -0.4 is 10.6 Å². The Morgan fingerprint density at radius 1 is 1.24 bits per heavy atom. The predicted octanol–water partition coefficient (Wildman–Crippen LogP) is 3.71. The standard InChI is InChI=1S/C25H31N3O4S/c1-2-7-20(23(29)25-28-19-9-4-3-5-10-22(19)32-25)27-24(30)21(16-18-8-6-15-33-18)26-17-11-13-31-14-12-17/h3-6,8-9,15,17,20-21,26H,2,7,10-14,16H2,1H3,(H,27,30)/t20-,21-/m0/s1. The van der Waals surface area contributed by atoms with Gasteiger partial charge in [-0.2, -0.15) is 0 Å². The fourth-order valence-corrected chi connectivity index (χ4v) is 4.88. The molecule has 8 heteroatoms. The average Bonchev–Trinajstić information content (AvgIpc) is 3.43. The van der Waals surface area contributed by atoms with E-state index in [1.807, 2.05) is 48.7 Å². The van der Waals surface area contributed by atoms with Crippen LogP contribution in [0.3, 0.4) is 0 Å². The molecule has 33 heavy (non-hydrogen) atoms. The number of oxazole rings is 1. The van der Waals surface area contributed by atoms with Crippen molar-refractivity contribution in [2.24, 2.45) is 0 Å². The van der Waals surface area contributed by atoms with Gasteiger partial charge in [-0.15, -0.1) is 11.3 Å². The number of ketones is 1. The normalized spacial score (nSPS) is 17.8. The van der Waals surface area contributed by atoms with Crippen LogP contribution in [0.4, 0.5) is 0 Å². The number of hydrogen-bond donors (Lipinski definition) is 2. The molecule has 7 nitrogen and oxygen atoms in total. The number of allylic oxidation sites excluding steroid dienone is 3. The molecule has 2 aromatic rings. The summed E-state index contributed by atoms with van der Waals surface area (Å²) < 4.78 is 11.2. The zero-order valence-electron chi connectivity index (χ0n) is 18.9. The number of amides is 1. The number of Topliss-reactive ketones (excluding diaryl/α,β-unsaturated/α-hetero) is 1. The van der Waals surface area contributed by atoms with Gasteiger partial charge in [0.1, 0.15) is 11.5 Å². The maximum Gasteiger partial charge on any atom is 0.266 e. The Labute approximate surface area is 198 Å². The Kier molecular flexibility index (Phi) is 8.25. The quantitative estimate of drug-likeness (QED) is 0.515. The number of hydrogen-bond acceptors (Lipinski definition) is 7. The van der Waals surface area contributed by atoms with Gasteiger partial charge in [0.25, 0.3) is 5.89 Å². The van der Waals surface area contributed by atoms with E-state index in [0.29, 0.717) is 43.9 Å². The molecule has 4 rings (SSSR count). The first kappa shape index (κ1) is 23.6. The van der Waals surface area contributed by atoms with Crippen molar-refractivity contribution >= 4 is 29.1 Å². The van der Waals surface area contributed by atoms with Crippen molar-refractivity contribution in [3.05, 3.63) is 58.0 Å². The molecule has 0 bridgehead atoms. The molecule has 1 aliphatic carbocycles. The van der Waals surface area contributed by atoms with E-state index >= 15 is 0 Å². The Morgan fingerprint density at radius 3 is 2.85 bits per heavy atom. The number of rotatable bonds is 10. The van der Waals surface area contributed by atoms with Crippen LogP contribution in [0.15, 0.2) is 40.2 Å². The van der Waals surface area contributed by atoms with E-state index in [-0.39, 0.29) is 23.6 Å². The largest absolute Gasteiger partial charge is 0.438 e. The van der Waals surface area contributed by atoms with Gasteiger partial charge >= 0.3 is 0 Å². The molecule has 2 aliphatic rings. The predicted molar refractivity (Wildman–Crippen MR) is 128 cm³/mol. The van der Waals surface area contributed by atoms with Gasteiger partial charge in [0, 0.05) is 37.0 Å². The van der Waals surface area contributed by atoms with Crippen LogP contribution in [0.1, 0.15) is 59.6 Å². The van der Waals surface area contributed by atoms with Crippen molar-refractivity contribution in [3.63, 3.8) is 0 Å². The first-order valence-corrected chi connectivity index (χ1v) is 12.6. The van der Waals surface area contributed by atoms with Gasteiger partial charge in [0.05, 0.1) is 12.1 Å². The van der Waals surface area contributed by atoms with Crippen molar-refractivity contribution in [1.29, 1.82) is 0 Å². The number of nitrogens with one attached hydrogen (secondary N) is 2. The van der Waals surface area contributed by atoms with Gasteiger partial charge < -0.3 is 19.8 Å². The molecule has 2 N–H and O–H groups in total. The summed E-state index contributed by atoms with van der Waals surface area (Å²) >= 11 is 1.63. The first-order chi connectivity index (χ1) is 16.1. The molecule has 176 valence electrons. The SMILES string of the molecule is CCC[C@H](NC(=O)[C@H](Cc1cccs1)NC1CCOCC1)C(=O)c1nc2c(o1)CC=CC=C2. The number of carbonyl (C=O) groups is 2. The van der Waals surface area contributed by atoms with Gasteiger partial charge in [-0.05, 0) is 36.8 Å². The van der Waals surface area contributed by atoms with E-state index in [9.17, 15) is 9.59 Å². The second-order valence-corrected chi connectivity index (χ2v) is 9.45. The molecule has 0 saturated carbocycles. The number of nitrogens with zero attached hydrogens (tertiary/aromatic N) is 1. The Morgan fingerprint density at radius 2 is 2.09 bits per heavy atom. The highest BCUT2D eigenvalue weighted by Gasteiger charge is 2.31. The average molecular weight is 470 g/mol. The van der Waals surface area contributed by atoms with Crippen LogP contribution in [0.2, 0.25) is 0 Å². The summed E-state index contributed by atoms with van der Waals surface area (Å²) in [6.07, 6.45) is 11.8. The Bertz CT molecular complexity index is 989. The van der Waals surface area contributed by atoms with E-state index in [4.69, 9.17) is 9.15 Å². The molecule has 0 unspecified atom stereocenters. The molecule has 1 amide bonds. The molecule has 1 aliphatic heterocycles. The van der Waals surface area contributed by atoms with Crippen LogP contribution in [0, 0.1) is 0 Å². The Hall–Kier alpha value is -2.55. The summed E-state index contributed by atoms with van der Waals surface area (Å²) in [5.41, 5.74) is 0.668. The van der Waals surface area contributed by atoms with Gasteiger partial charge in [-0.3, -0.25) is 9.59 Å². The molecule has 1 saturated heterocycles. The number of fused-ring (bicyclic) bond motifs is 1. The number of ether oxygens (including phenoxy) is 1. The molecule has 0 radical (unpaired) electrons. The highest BCUT2D eigenvalue weighted by Crippen LogP contribution is 2.19. The highest BCUT2D eigenvalue weighted by molar-refractivity contribution is 7.09. The van der Waals surface area contributed by atoms with Crippen LogP contribution in [0.25, 0.3) is 6.08 Å². The third kappa shape index (κ3) is 6.28. The van der Waals surface area contributed by atoms with Crippen molar-refractivity contribution in [2.75, 3.05) is 13.2 Å². The minimum absolute atomic E-state index is 0.0610. The highest BCUT2D eigenvalue weighted by atomic mass is 32.1. The molecular weight excluding hydrogens is 438 g/mol. The molecule has 2 atom stereocenters. The number of thiophene rings is 1. The fourth-order valence-electron chi connectivity index (χ4n) is 4.13. The summed E-state index contributed by atoms with van der Waals surface area (Å²) in [7, 11) is 0. The van der Waals surface area contributed by atoms with Crippen molar-refractivity contribution in [2.45, 2.75) is 63.6 Å². The van der Waals surface area contributed by atoms with E-state index in [1.165, 1.54) is 0 Å². The maximum absolute atomic E-state index is 13.4. The third-order valence-corrected chi connectivity index (χ3v) is 6.81. The summed E-state index contributed by atoms with van der Waals surface area (Å²) in [5, 5.41) is 8.53. The lowest BCUT2D eigenvalue weighted by molar-refractivity contribution is -0.124. The van der Waals surface area contributed by atoms with Gasteiger partial charge in [0.15, 0.2) is 0 Å². The lowest BCUT2D eigenvalue weighted by atomic mass is 10.0. The minimum Gasteiger partial charge on any atom is -0.438 e. The molecule has 2 aromatic heterocycles. The molecule has 0 aromatic carbocycles. The third-order valence-electron chi connectivity index (χ3n) is 5.91. The topological polar surface area (TPSA) is 93.5 Å². The van der Waals surface area contributed by atoms with Crippen molar-refractivity contribution in [1.82, 2.24) is 15.6 Å². The summed E-state index contributed by atoms with van der Waals surface area (Å²) in [6.45, 7) is 3.38. The fraction of sp³-hybridized carbons (Fsp3) is 0.480. The van der Waals surface area contributed by atoms with E-state index in [0.717, 1.165) is 24.1 Å². The summed E-state index contributed by atoms with van der Waals surface area (Å²) in [6, 6.07) is 3.15. The molecule has 3 heterocycles. The van der Waals surface area contributed by atoms with E-state index in [2.05, 4.69) is 15.6 Å². The lowest BCUT2D eigenvalue weighted by Gasteiger charge is -2.29. The van der Waals surface area contributed by atoms with Crippen LogP contribution >= 0.6 is 11.3 Å². The molecular formula is C25H31N3O4S. The van der Waals surface area contributed by atoms with Gasteiger partial charge in [0.2, 0.25) is 11.7 Å². The Balaban J connectivity index is 1.47. The van der Waals surface area contributed by atoms with Crippen molar-refractivity contribution in [3.8, 4) is 0 Å². The lowest BCUT2D eigenvalue weighted by Crippen LogP contribution is -2.54.